The maximum atomic E-state index is 11.8. The van der Waals surface area contributed by atoms with Crippen LogP contribution in [0.3, 0.4) is 0 Å². The number of hydrogen-bond acceptors (Lipinski definition) is 2. The highest BCUT2D eigenvalue weighted by molar-refractivity contribution is 5.78. The van der Waals surface area contributed by atoms with Gasteiger partial charge >= 0.3 is 5.97 Å². The van der Waals surface area contributed by atoms with Gasteiger partial charge in [-0.25, -0.2) is 0 Å². The van der Waals surface area contributed by atoms with E-state index in [-0.39, 0.29) is 17.9 Å². The molecule has 1 amide bonds. The molecule has 0 saturated heterocycles. The molecule has 102 valence electrons. The highest BCUT2D eigenvalue weighted by Crippen LogP contribution is 2.29. The van der Waals surface area contributed by atoms with E-state index >= 15 is 0 Å². The summed E-state index contributed by atoms with van der Waals surface area (Å²) in [5.41, 5.74) is 0. The number of carbonyl (C=O) groups is 2. The molecule has 0 heterocycles. The number of carboxylic acids is 1. The number of nitrogens with one attached hydrogen (secondary N) is 1. The minimum atomic E-state index is -0.770. The Kier molecular flexibility index (Phi) is 4.61. The Morgan fingerprint density at radius 2 is 1.78 bits per heavy atom. The number of hydrogen-bond donors (Lipinski definition) is 2. The number of amides is 1. The van der Waals surface area contributed by atoms with Gasteiger partial charge in [0.05, 0.1) is 5.92 Å². The van der Waals surface area contributed by atoms with Crippen LogP contribution in [-0.4, -0.2) is 23.0 Å². The van der Waals surface area contributed by atoms with Gasteiger partial charge in [-0.1, -0.05) is 32.1 Å². The third-order valence-electron chi connectivity index (χ3n) is 4.43. The molecule has 0 radical (unpaired) electrons. The van der Waals surface area contributed by atoms with Gasteiger partial charge in [0.2, 0.25) is 5.91 Å². The topological polar surface area (TPSA) is 66.4 Å². The maximum absolute atomic E-state index is 11.8. The SMILES string of the molecule is O=C(CCC1CCCC1)NC1CCCC1C(=O)O. The highest BCUT2D eigenvalue weighted by atomic mass is 16.4. The molecule has 2 aliphatic carbocycles. The zero-order valence-corrected chi connectivity index (χ0v) is 10.9. The first kappa shape index (κ1) is 13.4. The van der Waals surface area contributed by atoms with Gasteiger partial charge in [-0.2, -0.15) is 0 Å². The zero-order valence-electron chi connectivity index (χ0n) is 10.9. The van der Waals surface area contributed by atoms with Crippen LogP contribution in [-0.2, 0) is 9.59 Å². The van der Waals surface area contributed by atoms with Crippen molar-refractivity contribution in [3.05, 3.63) is 0 Å². The largest absolute Gasteiger partial charge is 0.481 e. The minimum Gasteiger partial charge on any atom is -0.481 e. The van der Waals surface area contributed by atoms with Crippen LogP contribution in [0, 0.1) is 11.8 Å². The molecule has 4 heteroatoms. The Balaban J connectivity index is 1.71. The van der Waals surface area contributed by atoms with Gasteiger partial charge < -0.3 is 10.4 Å². The number of carbonyl (C=O) groups excluding carboxylic acids is 1. The molecule has 2 aliphatic rings. The molecule has 0 bridgehead atoms. The lowest BCUT2D eigenvalue weighted by Crippen LogP contribution is -2.40. The van der Waals surface area contributed by atoms with Crippen molar-refractivity contribution in [2.45, 2.75) is 63.8 Å². The molecule has 0 aliphatic heterocycles. The van der Waals surface area contributed by atoms with Crippen LogP contribution >= 0.6 is 0 Å². The lowest BCUT2D eigenvalue weighted by molar-refractivity contribution is -0.142. The molecule has 2 N–H and O–H groups in total. The molecule has 2 fully saturated rings. The third-order valence-corrected chi connectivity index (χ3v) is 4.43. The lowest BCUT2D eigenvalue weighted by Gasteiger charge is -2.18. The Bertz CT molecular complexity index is 310. The monoisotopic (exact) mass is 253 g/mol. The standard InChI is InChI=1S/C14H23NO3/c16-13(9-8-10-4-1-2-5-10)15-12-7-3-6-11(12)14(17)18/h10-12H,1-9H2,(H,15,16)(H,17,18). The van der Waals surface area contributed by atoms with Crippen molar-refractivity contribution in [3.8, 4) is 0 Å². The van der Waals surface area contributed by atoms with Gasteiger partial charge in [0.25, 0.3) is 0 Å². The van der Waals surface area contributed by atoms with E-state index in [2.05, 4.69) is 5.32 Å². The van der Waals surface area contributed by atoms with Crippen LogP contribution in [0.2, 0.25) is 0 Å². The van der Waals surface area contributed by atoms with Crippen molar-refractivity contribution in [3.63, 3.8) is 0 Å². The summed E-state index contributed by atoms with van der Waals surface area (Å²) >= 11 is 0. The van der Waals surface area contributed by atoms with Crippen molar-refractivity contribution >= 4 is 11.9 Å². The van der Waals surface area contributed by atoms with Crippen LogP contribution in [0.4, 0.5) is 0 Å². The fourth-order valence-corrected chi connectivity index (χ4v) is 3.34. The normalized spacial score (nSPS) is 28.4. The average Bonchev–Trinajstić information content (AvgIpc) is 2.96. The van der Waals surface area contributed by atoms with Crippen LogP contribution in [0.5, 0.6) is 0 Å². The summed E-state index contributed by atoms with van der Waals surface area (Å²) in [6.45, 7) is 0. The number of aliphatic carboxylic acids is 1. The lowest BCUT2D eigenvalue weighted by atomic mass is 10.0. The first-order valence-corrected chi connectivity index (χ1v) is 7.19. The summed E-state index contributed by atoms with van der Waals surface area (Å²) in [5, 5.41) is 12.0. The molecule has 2 saturated carbocycles. The molecule has 2 rings (SSSR count). The van der Waals surface area contributed by atoms with Gasteiger partial charge in [-0.3, -0.25) is 9.59 Å². The Labute approximate surface area is 108 Å². The first-order valence-electron chi connectivity index (χ1n) is 7.19. The van der Waals surface area contributed by atoms with Crippen molar-refractivity contribution in [1.82, 2.24) is 5.32 Å². The van der Waals surface area contributed by atoms with E-state index < -0.39 is 5.97 Å². The fraction of sp³-hybridized carbons (Fsp3) is 0.857. The van der Waals surface area contributed by atoms with Crippen LogP contribution in [0.15, 0.2) is 0 Å². The minimum absolute atomic E-state index is 0.0417. The van der Waals surface area contributed by atoms with Gasteiger partial charge in [-0.05, 0) is 25.2 Å². The molecule has 2 atom stereocenters. The van der Waals surface area contributed by atoms with Gasteiger partial charge in [0, 0.05) is 12.5 Å². The second-order valence-corrected chi connectivity index (χ2v) is 5.74. The van der Waals surface area contributed by atoms with Crippen molar-refractivity contribution in [2.75, 3.05) is 0 Å². The zero-order chi connectivity index (χ0) is 13.0. The molecular weight excluding hydrogens is 230 g/mol. The van der Waals surface area contributed by atoms with Crippen molar-refractivity contribution < 1.29 is 14.7 Å². The molecule has 0 aromatic rings. The quantitative estimate of drug-likeness (QED) is 0.790. The third kappa shape index (κ3) is 3.47. The van der Waals surface area contributed by atoms with E-state index in [4.69, 9.17) is 5.11 Å². The second-order valence-electron chi connectivity index (χ2n) is 5.74. The van der Waals surface area contributed by atoms with E-state index in [9.17, 15) is 9.59 Å². The molecule has 4 nitrogen and oxygen atoms in total. The van der Waals surface area contributed by atoms with E-state index in [1.54, 1.807) is 0 Å². The molecule has 0 aromatic carbocycles. The molecule has 0 aromatic heterocycles. The van der Waals surface area contributed by atoms with Crippen molar-refractivity contribution in [2.24, 2.45) is 11.8 Å². The van der Waals surface area contributed by atoms with E-state index in [0.717, 1.165) is 25.2 Å². The summed E-state index contributed by atoms with van der Waals surface area (Å²) in [5.74, 6) is -0.385. The molecule has 2 unspecified atom stereocenters. The van der Waals surface area contributed by atoms with Gasteiger partial charge in [0.15, 0.2) is 0 Å². The van der Waals surface area contributed by atoms with Gasteiger partial charge in [0.1, 0.15) is 0 Å². The fourth-order valence-electron chi connectivity index (χ4n) is 3.34. The Hall–Kier alpha value is -1.06. The van der Waals surface area contributed by atoms with Crippen molar-refractivity contribution in [1.29, 1.82) is 0 Å². The van der Waals surface area contributed by atoms with Crippen LogP contribution in [0.25, 0.3) is 0 Å². The molecule has 0 spiro atoms. The van der Waals surface area contributed by atoms with Crippen LogP contribution < -0.4 is 5.32 Å². The van der Waals surface area contributed by atoms with Gasteiger partial charge in [-0.15, -0.1) is 0 Å². The molecule has 18 heavy (non-hydrogen) atoms. The smallest absolute Gasteiger partial charge is 0.308 e. The summed E-state index contributed by atoms with van der Waals surface area (Å²) in [6, 6.07) is -0.140. The molecular formula is C14H23NO3. The predicted molar refractivity (Wildman–Crippen MR) is 68.1 cm³/mol. The predicted octanol–water partition coefficient (Wildman–Crippen LogP) is 2.33. The second kappa shape index (κ2) is 6.21. The van der Waals surface area contributed by atoms with E-state index in [1.165, 1.54) is 25.7 Å². The van der Waals surface area contributed by atoms with E-state index in [1.807, 2.05) is 0 Å². The summed E-state index contributed by atoms with van der Waals surface area (Å²) in [4.78, 5) is 22.8. The summed E-state index contributed by atoms with van der Waals surface area (Å²) in [6.07, 6.45) is 9.07. The number of carboxylic acid groups (broad SMARTS) is 1. The summed E-state index contributed by atoms with van der Waals surface area (Å²) in [7, 11) is 0. The Morgan fingerprint density at radius 1 is 1.06 bits per heavy atom. The van der Waals surface area contributed by atoms with E-state index in [0.29, 0.717) is 12.8 Å². The average molecular weight is 253 g/mol. The maximum Gasteiger partial charge on any atom is 0.308 e. The van der Waals surface area contributed by atoms with Crippen LogP contribution in [0.1, 0.15) is 57.8 Å². The first-order chi connectivity index (χ1) is 8.66. The number of rotatable bonds is 5. The summed E-state index contributed by atoms with van der Waals surface area (Å²) < 4.78 is 0. The Morgan fingerprint density at radius 3 is 2.44 bits per heavy atom. The highest BCUT2D eigenvalue weighted by Gasteiger charge is 2.33.